The van der Waals surface area contributed by atoms with Crippen LogP contribution in [-0.2, 0) is 10.0 Å². The molecule has 1 aromatic carbocycles. The van der Waals surface area contributed by atoms with Gasteiger partial charge >= 0.3 is 0 Å². The number of sulfonamides is 1. The molecule has 0 fully saturated rings. The molecule has 7 heteroatoms. The minimum absolute atomic E-state index is 0.0469. The summed E-state index contributed by atoms with van der Waals surface area (Å²) in [6.45, 7) is 4.88. The Morgan fingerprint density at radius 2 is 1.86 bits per heavy atom. The number of aryl methyl sites for hydroxylation is 1. The van der Waals surface area contributed by atoms with Crippen molar-refractivity contribution in [1.29, 1.82) is 0 Å². The van der Waals surface area contributed by atoms with Crippen LogP contribution in [0.4, 0.5) is 10.1 Å². The molecule has 0 amide bonds. The first-order chi connectivity index (χ1) is 9.70. The molecule has 0 unspecified atom stereocenters. The Morgan fingerprint density at radius 1 is 1.24 bits per heavy atom. The van der Waals surface area contributed by atoms with Gasteiger partial charge in [-0.1, -0.05) is 6.92 Å². The third-order valence-corrected chi connectivity index (χ3v) is 5.21. The first kappa shape index (κ1) is 17.9. The van der Waals surface area contributed by atoms with E-state index in [4.69, 9.17) is 5.73 Å². The van der Waals surface area contributed by atoms with Crippen LogP contribution < -0.4 is 5.73 Å². The molecule has 1 rings (SSSR count). The van der Waals surface area contributed by atoms with E-state index in [1.165, 1.54) is 23.4 Å². The maximum absolute atomic E-state index is 13.5. The number of rotatable bonds is 7. The summed E-state index contributed by atoms with van der Waals surface area (Å²) in [7, 11) is 0.236. The molecule has 0 saturated carbocycles. The smallest absolute Gasteiger partial charge is 0.243 e. The van der Waals surface area contributed by atoms with Crippen molar-refractivity contribution in [3.63, 3.8) is 0 Å². The average Bonchev–Trinajstić information content (AvgIpc) is 2.39. The Kier molecular flexibility index (Phi) is 6.12. The Balaban J connectivity index is 3.02. The topological polar surface area (TPSA) is 66.6 Å². The van der Waals surface area contributed by atoms with Crippen molar-refractivity contribution < 1.29 is 12.8 Å². The van der Waals surface area contributed by atoms with Gasteiger partial charge < -0.3 is 10.6 Å². The monoisotopic (exact) mass is 317 g/mol. The highest BCUT2D eigenvalue weighted by Crippen LogP contribution is 2.23. The largest absolute Gasteiger partial charge is 0.396 e. The van der Waals surface area contributed by atoms with Crippen molar-refractivity contribution in [3.8, 4) is 0 Å². The molecule has 0 aliphatic heterocycles. The Bertz CT molecular complexity index is 565. The van der Waals surface area contributed by atoms with Crippen LogP contribution in [0.15, 0.2) is 17.0 Å². The first-order valence-electron chi connectivity index (χ1n) is 6.90. The summed E-state index contributed by atoms with van der Waals surface area (Å²) >= 11 is 0. The lowest BCUT2D eigenvalue weighted by Gasteiger charge is -2.22. The summed E-state index contributed by atoms with van der Waals surface area (Å²) in [6, 6.07) is 2.52. The van der Waals surface area contributed by atoms with Crippen LogP contribution >= 0.6 is 0 Å². The van der Waals surface area contributed by atoms with Gasteiger partial charge in [-0.2, -0.15) is 4.31 Å². The fourth-order valence-corrected chi connectivity index (χ4v) is 3.68. The molecule has 0 saturated heterocycles. The summed E-state index contributed by atoms with van der Waals surface area (Å²) in [5.74, 6) is -0.565. The standard InChI is InChI=1S/C14H24FN3O2S/c1-5-18(8-6-7-17(3)4)21(19,20)12-9-11(2)14(15)13(16)10-12/h9-10H,5-8,16H2,1-4H3. The molecule has 0 heterocycles. The molecule has 2 N–H and O–H groups in total. The lowest BCUT2D eigenvalue weighted by Crippen LogP contribution is -2.33. The molecule has 1 aromatic rings. The summed E-state index contributed by atoms with van der Waals surface area (Å²) in [5, 5.41) is 0. The Labute approximate surface area is 126 Å². The molecular formula is C14H24FN3O2S. The van der Waals surface area contributed by atoms with Gasteiger partial charge in [0.05, 0.1) is 10.6 Å². The zero-order chi connectivity index (χ0) is 16.2. The van der Waals surface area contributed by atoms with E-state index in [9.17, 15) is 12.8 Å². The van der Waals surface area contributed by atoms with Gasteiger partial charge in [-0.15, -0.1) is 0 Å². The SMILES string of the molecule is CCN(CCCN(C)C)S(=O)(=O)c1cc(C)c(F)c(N)c1. The quantitative estimate of drug-likeness (QED) is 0.777. The molecule has 0 aromatic heterocycles. The van der Waals surface area contributed by atoms with Crippen molar-refractivity contribution in [1.82, 2.24) is 9.21 Å². The minimum atomic E-state index is -3.64. The fraction of sp³-hybridized carbons (Fsp3) is 0.571. The predicted molar refractivity (Wildman–Crippen MR) is 83.2 cm³/mol. The zero-order valence-corrected chi connectivity index (χ0v) is 13.9. The predicted octanol–water partition coefficient (Wildman–Crippen LogP) is 1.68. The molecule has 0 bridgehead atoms. The van der Waals surface area contributed by atoms with Crippen molar-refractivity contribution in [2.24, 2.45) is 0 Å². The minimum Gasteiger partial charge on any atom is -0.396 e. The number of nitrogens with zero attached hydrogens (tertiary/aromatic N) is 2. The highest BCUT2D eigenvalue weighted by atomic mass is 32.2. The van der Waals surface area contributed by atoms with Gasteiger partial charge in [-0.05, 0) is 51.7 Å². The van der Waals surface area contributed by atoms with Crippen LogP contribution in [0.3, 0.4) is 0 Å². The summed E-state index contributed by atoms with van der Waals surface area (Å²) in [5.41, 5.74) is 5.63. The molecule has 0 aliphatic rings. The average molecular weight is 317 g/mol. The highest BCUT2D eigenvalue weighted by Gasteiger charge is 2.24. The van der Waals surface area contributed by atoms with E-state index in [2.05, 4.69) is 0 Å². The number of benzene rings is 1. The normalized spacial score (nSPS) is 12.3. The molecule has 0 spiro atoms. The molecular weight excluding hydrogens is 293 g/mol. The van der Waals surface area contributed by atoms with E-state index in [0.717, 1.165) is 13.0 Å². The molecule has 0 atom stereocenters. The maximum Gasteiger partial charge on any atom is 0.243 e. The third-order valence-electron chi connectivity index (χ3n) is 3.26. The zero-order valence-electron chi connectivity index (χ0n) is 13.1. The summed E-state index contributed by atoms with van der Waals surface area (Å²) < 4.78 is 40.1. The lowest BCUT2D eigenvalue weighted by molar-refractivity contribution is 0.356. The van der Waals surface area contributed by atoms with Gasteiger partial charge in [0.1, 0.15) is 5.82 Å². The first-order valence-corrected chi connectivity index (χ1v) is 8.34. The number of nitrogen functional groups attached to an aromatic ring is 1. The highest BCUT2D eigenvalue weighted by molar-refractivity contribution is 7.89. The van der Waals surface area contributed by atoms with E-state index >= 15 is 0 Å². The van der Waals surface area contributed by atoms with E-state index in [1.807, 2.05) is 19.0 Å². The summed E-state index contributed by atoms with van der Waals surface area (Å²) in [6.07, 6.45) is 0.732. The van der Waals surface area contributed by atoms with E-state index in [1.54, 1.807) is 6.92 Å². The van der Waals surface area contributed by atoms with Crippen LogP contribution in [0.5, 0.6) is 0 Å². The molecule has 120 valence electrons. The second kappa shape index (κ2) is 7.20. The van der Waals surface area contributed by atoms with Crippen LogP contribution in [0.1, 0.15) is 18.9 Å². The fourth-order valence-electron chi connectivity index (χ4n) is 2.07. The number of anilines is 1. The van der Waals surface area contributed by atoms with Crippen molar-refractivity contribution >= 4 is 15.7 Å². The number of nitrogens with two attached hydrogens (primary N) is 1. The number of hydrogen-bond acceptors (Lipinski definition) is 4. The lowest BCUT2D eigenvalue weighted by atomic mass is 10.2. The van der Waals surface area contributed by atoms with E-state index < -0.39 is 15.8 Å². The number of halogens is 1. The molecule has 0 radical (unpaired) electrons. The van der Waals surface area contributed by atoms with Gasteiger partial charge in [0, 0.05) is 13.1 Å². The molecule has 21 heavy (non-hydrogen) atoms. The van der Waals surface area contributed by atoms with E-state index in [0.29, 0.717) is 13.1 Å². The second-order valence-electron chi connectivity index (χ2n) is 5.30. The maximum atomic E-state index is 13.5. The molecule has 0 aliphatic carbocycles. The van der Waals surface area contributed by atoms with Crippen molar-refractivity contribution in [3.05, 3.63) is 23.5 Å². The molecule has 5 nitrogen and oxygen atoms in total. The number of hydrogen-bond donors (Lipinski definition) is 1. The van der Waals surface area contributed by atoms with Gasteiger partial charge in [0.2, 0.25) is 10.0 Å². The van der Waals surface area contributed by atoms with Crippen LogP contribution in [0, 0.1) is 12.7 Å². The summed E-state index contributed by atoms with van der Waals surface area (Å²) in [4.78, 5) is 2.05. The van der Waals surface area contributed by atoms with E-state index in [-0.39, 0.29) is 16.1 Å². The van der Waals surface area contributed by atoms with Crippen molar-refractivity contribution in [2.75, 3.05) is 39.5 Å². The van der Waals surface area contributed by atoms with Crippen LogP contribution in [-0.4, -0.2) is 51.4 Å². The second-order valence-corrected chi connectivity index (χ2v) is 7.23. The Morgan fingerprint density at radius 3 is 2.33 bits per heavy atom. The van der Waals surface area contributed by atoms with Gasteiger partial charge in [0.15, 0.2) is 0 Å². The Hall–Kier alpha value is -1.18. The van der Waals surface area contributed by atoms with Crippen LogP contribution in [0.2, 0.25) is 0 Å². The van der Waals surface area contributed by atoms with Crippen LogP contribution in [0.25, 0.3) is 0 Å². The third kappa shape index (κ3) is 4.39. The van der Waals surface area contributed by atoms with Crippen molar-refractivity contribution in [2.45, 2.75) is 25.2 Å². The van der Waals surface area contributed by atoms with Gasteiger partial charge in [-0.3, -0.25) is 0 Å². The van der Waals surface area contributed by atoms with Gasteiger partial charge in [0.25, 0.3) is 0 Å². The van der Waals surface area contributed by atoms with Gasteiger partial charge in [-0.25, -0.2) is 12.8 Å².